The molecule has 0 saturated carbocycles. The van der Waals surface area contributed by atoms with Gasteiger partial charge in [0.15, 0.2) is 6.61 Å². The monoisotopic (exact) mass is 339 g/mol. The van der Waals surface area contributed by atoms with E-state index in [1.54, 1.807) is 0 Å². The van der Waals surface area contributed by atoms with Gasteiger partial charge < -0.3 is 14.4 Å². The summed E-state index contributed by atoms with van der Waals surface area (Å²) in [5.74, 6) is 0.711. The lowest BCUT2D eigenvalue weighted by Crippen LogP contribution is -2.49. The van der Waals surface area contributed by atoms with Gasteiger partial charge in [-0.3, -0.25) is 4.79 Å². The highest BCUT2D eigenvalue weighted by Crippen LogP contribution is 2.23. The first kappa shape index (κ1) is 17.5. The lowest BCUT2D eigenvalue weighted by atomic mass is 10.0. The molecule has 4 nitrogen and oxygen atoms in total. The number of carbonyl (C=O) groups excluding carboxylic acids is 1. The van der Waals surface area contributed by atoms with E-state index in [1.807, 2.05) is 43.0 Å². The van der Waals surface area contributed by atoms with E-state index >= 15 is 0 Å². The average molecular weight is 339 g/mol. The summed E-state index contributed by atoms with van der Waals surface area (Å²) in [5.41, 5.74) is 3.55. The molecular formula is C21H25NO3. The normalized spacial score (nSPS) is 20.4. The van der Waals surface area contributed by atoms with Gasteiger partial charge in [0.05, 0.1) is 12.2 Å². The minimum atomic E-state index is 0.00427. The molecule has 0 aromatic heterocycles. The van der Waals surface area contributed by atoms with E-state index in [0.717, 1.165) is 5.56 Å². The van der Waals surface area contributed by atoms with Crippen molar-refractivity contribution in [2.45, 2.75) is 33.0 Å². The molecule has 25 heavy (non-hydrogen) atoms. The van der Waals surface area contributed by atoms with Gasteiger partial charge in [0.2, 0.25) is 0 Å². The second-order valence-electron chi connectivity index (χ2n) is 6.74. The Balaban J connectivity index is 1.56. The number of carbonyl (C=O) groups is 1. The largest absolute Gasteiger partial charge is 0.484 e. The van der Waals surface area contributed by atoms with Crippen LogP contribution in [0.3, 0.4) is 0 Å². The highest BCUT2D eigenvalue weighted by atomic mass is 16.5. The van der Waals surface area contributed by atoms with Crippen molar-refractivity contribution in [2.24, 2.45) is 0 Å². The molecule has 1 fully saturated rings. The lowest BCUT2D eigenvalue weighted by Gasteiger charge is -2.35. The van der Waals surface area contributed by atoms with E-state index < -0.39 is 0 Å². The molecule has 2 aromatic rings. The molecule has 0 bridgehead atoms. The minimum absolute atomic E-state index is 0.00427. The van der Waals surface area contributed by atoms with Crippen molar-refractivity contribution in [1.82, 2.24) is 4.90 Å². The van der Waals surface area contributed by atoms with Crippen molar-refractivity contribution in [3.05, 3.63) is 54.1 Å². The van der Waals surface area contributed by atoms with Crippen LogP contribution in [0.15, 0.2) is 48.5 Å². The number of aryl methyl sites for hydroxylation is 1. The van der Waals surface area contributed by atoms with Crippen molar-refractivity contribution < 1.29 is 14.3 Å². The molecule has 2 aromatic carbocycles. The zero-order valence-electron chi connectivity index (χ0n) is 15.1. The highest BCUT2D eigenvalue weighted by molar-refractivity contribution is 5.78. The molecule has 1 aliphatic heterocycles. The van der Waals surface area contributed by atoms with Crippen LogP contribution in [0, 0.1) is 6.92 Å². The van der Waals surface area contributed by atoms with Crippen LogP contribution in [0.5, 0.6) is 5.75 Å². The molecule has 3 rings (SSSR count). The van der Waals surface area contributed by atoms with Gasteiger partial charge in [-0.15, -0.1) is 0 Å². The number of amides is 1. The molecule has 2 atom stereocenters. The third-order valence-electron chi connectivity index (χ3n) is 4.37. The fourth-order valence-electron chi connectivity index (χ4n) is 3.11. The van der Waals surface area contributed by atoms with Crippen LogP contribution in [0.25, 0.3) is 11.1 Å². The first-order valence-corrected chi connectivity index (χ1v) is 8.74. The fourth-order valence-corrected chi connectivity index (χ4v) is 3.11. The van der Waals surface area contributed by atoms with Gasteiger partial charge in [-0.25, -0.2) is 0 Å². The number of morpholine rings is 1. The van der Waals surface area contributed by atoms with Crippen molar-refractivity contribution in [1.29, 1.82) is 0 Å². The second kappa shape index (κ2) is 7.70. The molecule has 2 unspecified atom stereocenters. The van der Waals surface area contributed by atoms with Crippen LogP contribution in [0.1, 0.15) is 19.4 Å². The van der Waals surface area contributed by atoms with Crippen LogP contribution >= 0.6 is 0 Å². The molecule has 0 N–H and O–H groups in total. The van der Waals surface area contributed by atoms with Crippen LogP contribution < -0.4 is 4.74 Å². The predicted molar refractivity (Wildman–Crippen MR) is 98.7 cm³/mol. The van der Waals surface area contributed by atoms with Crippen LogP contribution in [0.4, 0.5) is 0 Å². The molecule has 0 spiro atoms. The zero-order chi connectivity index (χ0) is 17.8. The van der Waals surface area contributed by atoms with Gasteiger partial charge >= 0.3 is 0 Å². The Morgan fingerprint density at radius 1 is 1.00 bits per heavy atom. The highest BCUT2D eigenvalue weighted by Gasteiger charge is 2.25. The summed E-state index contributed by atoms with van der Waals surface area (Å²) < 4.78 is 11.3. The van der Waals surface area contributed by atoms with Crippen LogP contribution in [-0.2, 0) is 9.53 Å². The maximum Gasteiger partial charge on any atom is 0.260 e. The van der Waals surface area contributed by atoms with Gasteiger partial charge in [0.1, 0.15) is 5.75 Å². The smallest absolute Gasteiger partial charge is 0.260 e. The van der Waals surface area contributed by atoms with Crippen molar-refractivity contribution >= 4 is 5.91 Å². The van der Waals surface area contributed by atoms with Gasteiger partial charge in [-0.1, -0.05) is 42.0 Å². The molecule has 0 radical (unpaired) electrons. The maximum atomic E-state index is 12.3. The quantitative estimate of drug-likeness (QED) is 0.853. The summed E-state index contributed by atoms with van der Waals surface area (Å²) in [5, 5.41) is 0. The maximum absolute atomic E-state index is 12.3. The Bertz CT molecular complexity index is 699. The van der Waals surface area contributed by atoms with Crippen LogP contribution in [-0.4, -0.2) is 42.7 Å². The Labute approximate surface area is 149 Å². The predicted octanol–water partition coefficient (Wildman–Crippen LogP) is 3.68. The van der Waals surface area contributed by atoms with Crippen molar-refractivity contribution in [3.8, 4) is 16.9 Å². The molecule has 1 saturated heterocycles. The second-order valence-corrected chi connectivity index (χ2v) is 6.74. The number of benzene rings is 2. The number of hydrogen-bond acceptors (Lipinski definition) is 3. The fraction of sp³-hybridized carbons (Fsp3) is 0.381. The van der Waals surface area contributed by atoms with E-state index in [1.165, 1.54) is 11.1 Å². The summed E-state index contributed by atoms with van der Waals surface area (Å²) in [6, 6.07) is 16.3. The van der Waals surface area contributed by atoms with E-state index in [0.29, 0.717) is 18.8 Å². The molecule has 1 heterocycles. The van der Waals surface area contributed by atoms with Crippen LogP contribution in [0.2, 0.25) is 0 Å². The summed E-state index contributed by atoms with van der Waals surface area (Å²) >= 11 is 0. The summed E-state index contributed by atoms with van der Waals surface area (Å²) in [6.07, 6.45) is 0.142. The Morgan fingerprint density at radius 3 is 2.08 bits per heavy atom. The van der Waals surface area contributed by atoms with E-state index in [-0.39, 0.29) is 24.7 Å². The molecule has 0 aliphatic carbocycles. The Hall–Kier alpha value is -2.33. The number of rotatable bonds is 4. The average Bonchev–Trinajstić information content (AvgIpc) is 2.60. The van der Waals surface area contributed by atoms with E-state index in [4.69, 9.17) is 9.47 Å². The molecular weight excluding hydrogens is 314 g/mol. The molecule has 1 amide bonds. The van der Waals surface area contributed by atoms with Crippen molar-refractivity contribution in [2.75, 3.05) is 19.7 Å². The van der Waals surface area contributed by atoms with E-state index in [2.05, 4.69) is 31.2 Å². The van der Waals surface area contributed by atoms with Gasteiger partial charge in [-0.05, 0) is 44.0 Å². The molecule has 1 aliphatic rings. The van der Waals surface area contributed by atoms with Gasteiger partial charge in [-0.2, -0.15) is 0 Å². The summed E-state index contributed by atoms with van der Waals surface area (Å²) in [6.45, 7) is 7.36. The number of hydrogen-bond donors (Lipinski definition) is 0. The third kappa shape index (κ3) is 4.60. The first-order valence-electron chi connectivity index (χ1n) is 8.74. The third-order valence-corrected chi connectivity index (χ3v) is 4.37. The SMILES string of the molecule is Cc1ccc(-c2ccc(OCC(=O)N3CC(C)OC(C)C3)cc2)cc1. The van der Waals surface area contributed by atoms with Crippen molar-refractivity contribution in [3.63, 3.8) is 0 Å². The number of nitrogens with zero attached hydrogens (tertiary/aromatic N) is 1. The topological polar surface area (TPSA) is 38.8 Å². The summed E-state index contributed by atoms with van der Waals surface area (Å²) in [7, 11) is 0. The first-order chi connectivity index (χ1) is 12.0. The van der Waals surface area contributed by atoms with Gasteiger partial charge in [0.25, 0.3) is 5.91 Å². The van der Waals surface area contributed by atoms with Gasteiger partial charge in [0, 0.05) is 13.1 Å². The standard InChI is InChI=1S/C21H25NO3/c1-15-4-6-18(7-5-15)19-8-10-20(11-9-19)24-14-21(23)22-12-16(2)25-17(3)13-22/h4-11,16-17H,12-14H2,1-3H3. The lowest BCUT2D eigenvalue weighted by molar-refractivity contribution is -0.145. The number of ether oxygens (including phenoxy) is 2. The zero-order valence-corrected chi connectivity index (χ0v) is 15.1. The molecule has 132 valence electrons. The minimum Gasteiger partial charge on any atom is -0.484 e. The Kier molecular flexibility index (Phi) is 5.39. The summed E-state index contributed by atoms with van der Waals surface area (Å²) in [4.78, 5) is 14.1. The van der Waals surface area contributed by atoms with E-state index in [9.17, 15) is 4.79 Å². The Morgan fingerprint density at radius 2 is 1.52 bits per heavy atom. The molecule has 4 heteroatoms.